The fourth-order valence-corrected chi connectivity index (χ4v) is 2.80. The molecule has 0 unspecified atom stereocenters. The van der Waals surface area contributed by atoms with Crippen LogP contribution in [0.3, 0.4) is 0 Å². The van der Waals surface area contributed by atoms with Gasteiger partial charge in [-0.15, -0.1) is 0 Å². The maximum atomic E-state index is 12.1. The van der Waals surface area contributed by atoms with Gasteiger partial charge in [-0.2, -0.15) is 0 Å². The van der Waals surface area contributed by atoms with Crippen molar-refractivity contribution in [3.05, 3.63) is 29.8 Å². The molecule has 1 aromatic carbocycles. The summed E-state index contributed by atoms with van der Waals surface area (Å²) in [5.74, 6) is -0.0203. The average molecular weight is 261 g/mol. The molecule has 104 valence electrons. The number of rotatable bonds is 4. The lowest BCUT2D eigenvalue weighted by Crippen LogP contribution is -2.50. The number of amides is 1. The van der Waals surface area contributed by atoms with E-state index in [2.05, 4.69) is 24.3 Å². The van der Waals surface area contributed by atoms with Crippen molar-refractivity contribution in [2.24, 2.45) is 0 Å². The Hall–Kier alpha value is -1.55. The predicted octanol–water partition coefficient (Wildman–Crippen LogP) is 1.87. The lowest BCUT2D eigenvalue weighted by Gasteiger charge is -2.36. The minimum Gasteiger partial charge on any atom is -0.399 e. The number of likely N-dealkylation sites (N-methyl/N-ethyl adjacent to an activating group) is 1. The van der Waals surface area contributed by atoms with Crippen LogP contribution >= 0.6 is 0 Å². The maximum absolute atomic E-state index is 12.1. The summed E-state index contributed by atoms with van der Waals surface area (Å²) in [5, 5.41) is 3.06. The molecule has 0 atom stereocenters. The van der Waals surface area contributed by atoms with Crippen molar-refractivity contribution in [1.29, 1.82) is 0 Å². The zero-order valence-corrected chi connectivity index (χ0v) is 11.8. The Morgan fingerprint density at radius 3 is 2.37 bits per heavy atom. The molecule has 0 saturated heterocycles. The minimum atomic E-state index is -0.0203. The van der Waals surface area contributed by atoms with Crippen LogP contribution in [0.15, 0.2) is 24.3 Å². The molecule has 4 nitrogen and oxygen atoms in total. The second-order valence-electron chi connectivity index (χ2n) is 5.63. The van der Waals surface area contributed by atoms with Gasteiger partial charge in [-0.1, -0.05) is 12.8 Å². The van der Waals surface area contributed by atoms with Gasteiger partial charge in [-0.25, -0.2) is 0 Å². The fraction of sp³-hybridized carbons (Fsp3) is 0.533. The Balaban J connectivity index is 1.97. The lowest BCUT2D eigenvalue weighted by molar-refractivity contribution is 0.0900. The first-order chi connectivity index (χ1) is 9.03. The highest BCUT2D eigenvalue weighted by Gasteiger charge is 2.36. The van der Waals surface area contributed by atoms with Crippen molar-refractivity contribution >= 4 is 11.6 Å². The van der Waals surface area contributed by atoms with E-state index in [0.29, 0.717) is 17.8 Å². The van der Waals surface area contributed by atoms with E-state index in [-0.39, 0.29) is 11.4 Å². The van der Waals surface area contributed by atoms with Crippen molar-refractivity contribution in [1.82, 2.24) is 10.2 Å². The molecule has 3 N–H and O–H groups in total. The Labute approximate surface area is 115 Å². The zero-order valence-electron chi connectivity index (χ0n) is 11.8. The molecule has 0 aromatic heterocycles. The molecular formula is C15H23N3O. The van der Waals surface area contributed by atoms with E-state index < -0.39 is 0 Å². The minimum absolute atomic E-state index is 0.0203. The second-order valence-corrected chi connectivity index (χ2v) is 5.63. The Morgan fingerprint density at radius 1 is 1.26 bits per heavy atom. The molecule has 19 heavy (non-hydrogen) atoms. The summed E-state index contributed by atoms with van der Waals surface area (Å²) in [7, 11) is 4.20. The molecule has 1 aliphatic rings. The number of hydrogen-bond acceptors (Lipinski definition) is 3. The number of carbonyl (C=O) groups excluding carboxylic acids is 1. The van der Waals surface area contributed by atoms with Crippen molar-refractivity contribution in [3.63, 3.8) is 0 Å². The SMILES string of the molecule is CN(C)C1(CNC(=O)c2ccc(N)cc2)CCCC1. The van der Waals surface area contributed by atoms with E-state index in [1.807, 2.05) is 0 Å². The van der Waals surface area contributed by atoms with Crippen molar-refractivity contribution in [3.8, 4) is 0 Å². The highest BCUT2D eigenvalue weighted by molar-refractivity contribution is 5.94. The molecule has 0 radical (unpaired) electrons. The largest absolute Gasteiger partial charge is 0.399 e. The second kappa shape index (κ2) is 5.61. The van der Waals surface area contributed by atoms with Crippen LogP contribution in [-0.4, -0.2) is 37.0 Å². The van der Waals surface area contributed by atoms with Crippen LogP contribution in [0.5, 0.6) is 0 Å². The average Bonchev–Trinajstić information content (AvgIpc) is 2.87. The molecule has 1 aliphatic carbocycles. The topological polar surface area (TPSA) is 58.4 Å². The molecular weight excluding hydrogens is 238 g/mol. The smallest absolute Gasteiger partial charge is 0.251 e. The highest BCUT2D eigenvalue weighted by Crippen LogP contribution is 2.33. The van der Waals surface area contributed by atoms with E-state index >= 15 is 0 Å². The summed E-state index contributed by atoms with van der Waals surface area (Å²) in [6.45, 7) is 0.712. The van der Waals surface area contributed by atoms with Gasteiger partial charge in [-0.3, -0.25) is 4.79 Å². The Morgan fingerprint density at radius 2 is 1.84 bits per heavy atom. The van der Waals surface area contributed by atoms with E-state index in [0.717, 1.165) is 12.8 Å². The lowest BCUT2D eigenvalue weighted by atomic mass is 9.96. The fourth-order valence-electron chi connectivity index (χ4n) is 2.80. The van der Waals surface area contributed by atoms with Gasteiger partial charge in [0.25, 0.3) is 5.91 Å². The van der Waals surface area contributed by atoms with Crippen LogP contribution in [0.25, 0.3) is 0 Å². The van der Waals surface area contributed by atoms with E-state index in [1.165, 1.54) is 12.8 Å². The molecule has 0 aliphatic heterocycles. The number of nitrogen functional groups attached to an aromatic ring is 1. The summed E-state index contributed by atoms with van der Waals surface area (Å²) >= 11 is 0. The van der Waals surface area contributed by atoms with Gasteiger partial charge in [0.1, 0.15) is 0 Å². The number of nitrogens with one attached hydrogen (secondary N) is 1. The quantitative estimate of drug-likeness (QED) is 0.814. The van der Waals surface area contributed by atoms with E-state index in [9.17, 15) is 4.79 Å². The van der Waals surface area contributed by atoms with E-state index in [4.69, 9.17) is 5.73 Å². The Bertz CT molecular complexity index is 433. The Kier molecular flexibility index (Phi) is 4.10. The van der Waals surface area contributed by atoms with Gasteiger partial charge in [0.05, 0.1) is 0 Å². The molecule has 0 spiro atoms. The van der Waals surface area contributed by atoms with Gasteiger partial charge in [0.2, 0.25) is 0 Å². The first-order valence-electron chi connectivity index (χ1n) is 6.85. The highest BCUT2D eigenvalue weighted by atomic mass is 16.1. The van der Waals surface area contributed by atoms with Gasteiger partial charge < -0.3 is 16.0 Å². The molecule has 1 amide bonds. The summed E-state index contributed by atoms with van der Waals surface area (Å²) in [6.07, 6.45) is 4.80. The van der Waals surface area contributed by atoms with Crippen LogP contribution in [-0.2, 0) is 0 Å². The molecule has 0 bridgehead atoms. The molecule has 4 heteroatoms. The number of nitrogens with two attached hydrogens (primary N) is 1. The molecule has 1 fully saturated rings. The maximum Gasteiger partial charge on any atom is 0.251 e. The summed E-state index contributed by atoms with van der Waals surface area (Å²) < 4.78 is 0. The van der Waals surface area contributed by atoms with Crippen LogP contribution in [0.4, 0.5) is 5.69 Å². The molecule has 2 rings (SSSR count). The summed E-state index contributed by atoms with van der Waals surface area (Å²) in [5.41, 5.74) is 7.10. The number of hydrogen-bond donors (Lipinski definition) is 2. The number of anilines is 1. The zero-order chi connectivity index (χ0) is 13.9. The summed E-state index contributed by atoms with van der Waals surface area (Å²) in [4.78, 5) is 14.4. The molecule has 0 heterocycles. The third-order valence-electron chi connectivity index (χ3n) is 4.23. The monoisotopic (exact) mass is 261 g/mol. The van der Waals surface area contributed by atoms with Gasteiger partial charge >= 0.3 is 0 Å². The van der Waals surface area contributed by atoms with Crippen LogP contribution in [0.1, 0.15) is 36.0 Å². The predicted molar refractivity (Wildman–Crippen MR) is 78.1 cm³/mol. The first kappa shape index (κ1) is 13.9. The van der Waals surface area contributed by atoms with Crippen LogP contribution in [0, 0.1) is 0 Å². The first-order valence-corrected chi connectivity index (χ1v) is 6.85. The van der Waals surface area contributed by atoms with Crippen LogP contribution in [0.2, 0.25) is 0 Å². The third kappa shape index (κ3) is 3.07. The molecule has 1 saturated carbocycles. The normalized spacial score (nSPS) is 17.6. The van der Waals surface area contributed by atoms with Crippen molar-refractivity contribution in [2.45, 2.75) is 31.2 Å². The standard InChI is InChI=1S/C15H23N3O/c1-18(2)15(9-3-4-10-15)11-17-14(19)12-5-7-13(16)8-6-12/h5-8H,3-4,9-11,16H2,1-2H3,(H,17,19). The number of nitrogens with zero attached hydrogens (tertiary/aromatic N) is 1. The van der Waals surface area contributed by atoms with Crippen molar-refractivity contribution in [2.75, 3.05) is 26.4 Å². The number of benzene rings is 1. The third-order valence-corrected chi connectivity index (χ3v) is 4.23. The van der Waals surface area contributed by atoms with E-state index in [1.54, 1.807) is 24.3 Å². The molecule has 1 aromatic rings. The number of carbonyl (C=O) groups is 1. The van der Waals surface area contributed by atoms with Gasteiger partial charge in [-0.05, 0) is 51.2 Å². The summed E-state index contributed by atoms with van der Waals surface area (Å²) in [6, 6.07) is 7.04. The van der Waals surface area contributed by atoms with Crippen LogP contribution < -0.4 is 11.1 Å². The van der Waals surface area contributed by atoms with Gasteiger partial charge in [0, 0.05) is 23.3 Å². The van der Waals surface area contributed by atoms with Gasteiger partial charge in [0.15, 0.2) is 0 Å². The van der Waals surface area contributed by atoms with Crippen molar-refractivity contribution < 1.29 is 4.79 Å².